The van der Waals surface area contributed by atoms with Crippen LogP contribution in [-0.4, -0.2) is 62.7 Å². The number of hydrogen-bond acceptors (Lipinski definition) is 8. The predicted molar refractivity (Wildman–Crippen MR) is 260 cm³/mol. The largest absolute Gasteiger partial charge is 0.465 e. The van der Waals surface area contributed by atoms with Gasteiger partial charge in [0, 0.05) is 66.7 Å². The summed E-state index contributed by atoms with van der Waals surface area (Å²) in [5, 5.41) is 26.7. The Kier molecular flexibility index (Phi) is 21.1. The molecule has 4 aromatic carbocycles. The lowest BCUT2D eigenvalue weighted by Crippen LogP contribution is -2.50. The summed E-state index contributed by atoms with van der Waals surface area (Å²) in [6.07, 6.45) is -20.1. The van der Waals surface area contributed by atoms with Gasteiger partial charge in [-0.2, -0.15) is 73.4 Å². The van der Waals surface area contributed by atoms with Gasteiger partial charge in [-0.1, -0.05) is 58.5 Å². The van der Waals surface area contributed by atoms with Gasteiger partial charge in [-0.15, -0.1) is 0 Å². The van der Waals surface area contributed by atoms with E-state index in [1.165, 1.54) is 30.9 Å². The lowest BCUT2D eigenvalue weighted by atomic mass is 9.94. The molecule has 1 amide bonds. The number of esters is 1. The van der Waals surface area contributed by atoms with Gasteiger partial charge in [-0.05, 0) is 110 Å². The van der Waals surface area contributed by atoms with E-state index in [1.54, 1.807) is 49.4 Å². The monoisotopic (exact) mass is 1310 g/mol. The van der Waals surface area contributed by atoms with E-state index in [1.807, 2.05) is 0 Å². The maximum absolute atomic E-state index is 14.5. The summed E-state index contributed by atoms with van der Waals surface area (Å²) in [4.78, 5) is 21.7. The van der Waals surface area contributed by atoms with Gasteiger partial charge in [0.1, 0.15) is 12.8 Å². The van der Waals surface area contributed by atoms with Crippen molar-refractivity contribution in [1.82, 2.24) is 24.9 Å². The van der Waals surface area contributed by atoms with Crippen LogP contribution in [0.25, 0.3) is 33.6 Å². The maximum atomic E-state index is 14.5. The molecular formula is C46H30Br2Cl4F14N8O3. The number of nitrogens with two attached hydrogens (primary N) is 1. The first-order valence-electron chi connectivity index (χ1n) is 20.8. The van der Waals surface area contributed by atoms with E-state index in [2.05, 4.69) is 52.1 Å². The number of ether oxygens (including phenoxy) is 1. The molecule has 2 heterocycles. The minimum Gasteiger partial charge on any atom is -0.465 e. The predicted octanol–water partition coefficient (Wildman–Crippen LogP) is 15.2. The van der Waals surface area contributed by atoms with E-state index >= 15 is 0 Å². The van der Waals surface area contributed by atoms with Crippen LogP contribution in [-0.2, 0) is 38.8 Å². The van der Waals surface area contributed by atoms with Gasteiger partial charge in [0.2, 0.25) is 5.91 Å². The van der Waals surface area contributed by atoms with Crippen LogP contribution in [0.5, 0.6) is 0 Å². The molecule has 3 N–H and O–H groups in total. The molecule has 2 aromatic heterocycles. The molecule has 31 heteroatoms. The molecule has 6 rings (SSSR count). The fourth-order valence-corrected chi connectivity index (χ4v) is 9.04. The van der Waals surface area contributed by atoms with Gasteiger partial charge in [-0.25, -0.2) is 18.1 Å². The van der Waals surface area contributed by atoms with Crippen molar-refractivity contribution < 1.29 is 75.8 Å². The van der Waals surface area contributed by atoms with Gasteiger partial charge >= 0.3 is 42.0 Å². The minimum absolute atomic E-state index is 0.0174. The van der Waals surface area contributed by atoms with Crippen LogP contribution in [0, 0.1) is 22.7 Å². The van der Waals surface area contributed by atoms with Crippen molar-refractivity contribution in [3.8, 4) is 45.8 Å². The summed E-state index contributed by atoms with van der Waals surface area (Å²) >= 11 is 29.9. The Morgan fingerprint density at radius 1 is 0.610 bits per heavy atom. The molecule has 6 aromatic rings. The van der Waals surface area contributed by atoms with Crippen molar-refractivity contribution in [1.29, 1.82) is 10.5 Å². The summed E-state index contributed by atoms with van der Waals surface area (Å²) < 4.78 is 192. The van der Waals surface area contributed by atoms with Gasteiger partial charge in [0.25, 0.3) is 0 Å². The van der Waals surface area contributed by atoms with Crippen molar-refractivity contribution in [2.45, 2.75) is 68.9 Å². The second kappa shape index (κ2) is 25.4. The maximum Gasteiger partial charge on any atom is 0.435 e. The Morgan fingerprint density at radius 2 is 1.00 bits per heavy atom. The first kappa shape index (κ1) is 63.8. The Hall–Kier alpha value is -5.68. The highest BCUT2D eigenvalue weighted by Gasteiger charge is 2.74. The molecule has 0 saturated carbocycles. The average Bonchev–Trinajstić information content (AvgIpc) is 4.01. The molecule has 0 bridgehead atoms. The third-order valence-electron chi connectivity index (χ3n) is 10.2. The number of rotatable bonds is 12. The number of aromatic nitrogens is 4. The number of carbonyl (C=O) groups excluding carboxylic acids is 2. The number of nitrogens with one attached hydrogen (secondary N) is 1. The Bertz CT molecular complexity index is 3130. The molecule has 0 aliphatic rings. The Morgan fingerprint density at radius 3 is 1.35 bits per heavy atom. The third kappa shape index (κ3) is 14.5. The first-order chi connectivity index (χ1) is 35.6. The molecule has 0 saturated heterocycles. The number of nitriles is 2. The number of alkyl halides is 14. The summed E-state index contributed by atoms with van der Waals surface area (Å²) in [6, 6.07) is 14.4. The standard InChI is InChI=1S/C22H12BrCl2F7N4O.C19H11BrCl2F7N3.C5H7NO2/c23-15-6-14(20(26,21(27,28)29)22(30,31)32)7-17(25)19(15)36-10-13(9-35-36)11-1-2-16(24)12(5-11)8-34-18(37)3-4-33;20-13-4-12(17(23,18(24,25)26)19(27,28)29)5-15(22)16(13)32-8-11(7-31-32)9-1-2-14(21)10(3-9)6-30;1-2-8-5(7)3-4-6/h1-2,5-7,9-10H,3,8H2,(H,34,37);1-5,7-8H,6,30H2;2-3H2,1H3. The average molecular weight is 1310 g/mol. The van der Waals surface area contributed by atoms with Crippen LogP contribution in [0.2, 0.25) is 20.1 Å². The van der Waals surface area contributed by atoms with Crippen LogP contribution in [0.3, 0.4) is 0 Å². The lowest BCUT2D eigenvalue weighted by Gasteiger charge is -2.30. The van der Waals surface area contributed by atoms with Gasteiger partial charge < -0.3 is 15.8 Å². The van der Waals surface area contributed by atoms with Crippen molar-refractivity contribution >= 4 is 90.1 Å². The molecule has 0 radical (unpaired) electrons. The Balaban J connectivity index is 0.000000293. The van der Waals surface area contributed by atoms with E-state index in [4.69, 9.17) is 62.7 Å². The van der Waals surface area contributed by atoms with Crippen molar-refractivity contribution in [3.05, 3.63) is 137 Å². The molecule has 0 aliphatic heterocycles. The normalized spacial score (nSPS) is 12.1. The fraction of sp³-hybridized carbons (Fsp3) is 0.261. The molecule has 0 aliphatic carbocycles. The minimum atomic E-state index is -6.30. The number of nitrogens with zero attached hydrogens (tertiary/aromatic N) is 6. The van der Waals surface area contributed by atoms with E-state index in [0.717, 1.165) is 9.36 Å². The van der Waals surface area contributed by atoms with Gasteiger partial charge in [-0.3, -0.25) is 9.59 Å². The van der Waals surface area contributed by atoms with Crippen LogP contribution >= 0.6 is 78.3 Å². The van der Waals surface area contributed by atoms with E-state index in [-0.39, 0.29) is 58.4 Å². The number of carbonyl (C=O) groups is 2. The molecule has 0 atom stereocenters. The zero-order valence-corrected chi connectivity index (χ0v) is 44.4. The van der Waals surface area contributed by atoms with Gasteiger partial charge in [0.05, 0.1) is 52.6 Å². The van der Waals surface area contributed by atoms with Crippen molar-refractivity contribution in [2.75, 3.05) is 6.61 Å². The Labute approximate surface area is 462 Å². The fourth-order valence-electron chi connectivity index (χ4n) is 6.54. The van der Waals surface area contributed by atoms with E-state index < -0.39 is 69.1 Å². The highest BCUT2D eigenvalue weighted by atomic mass is 79.9. The molecule has 412 valence electrons. The molecule has 11 nitrogen and oxygen atoms in total. The molecule has 77 heavy (non-hydrogen) atoms. The summed E-state index contributed by atoms with van der Waals surface area (Å²) in [7, 11) is 0. The van der Waals surface area contributed by atoms with Crippen LogP contribution in [0.4, 0.5) is 61.5 Å². The highest BCUT2D eigenvalue weighted by molar-refractivity contribution is 9.11. The number of amides is 1. The third-order valence-corrected chi connectivity index (χ3v) is 12.8. The van der Waals surface area contributed by atoms with E-state index in [0.29, 0.717) is 62.2 Å². The van der Waals surface area contributed by atoms with Crippen LogP contribution in [0.1, 0.15) is 42.0 Å². The highest BCUT2D eigenvalue weighted by Crippen LogP contribution is 2.56. The first-order valence-corrected chi connectivity index (χ1v) is 23.9. The zero-order chi connectivity index (χ0) is 58.2. The molecule has 0 fully saturated rings. The summed E-state index contributed by atoms with van der Waals surface area (Å²) in [6.45, 7) is 2.24. The summed E-state index contributed by atoms with van der Waals surface area (Å²) in [5.74, 6) is -0.955. The van der Waals surface area contributed by atoms with E-state index in [9.17, 15) is 71.1 Å². The van der Waals surface area contributed by atoms with Crippen LogP contribution in [0.15, 0.2) is 94.4 Å². The second-order valence-corrected chi connectivity index (χ2v) is 18.6. The number of benzene rings is 4. The van der Waals surface area contributed by atoms with Crippen molar-refractivity contribution in [2.24, 2.45) is 5.73 Å². The van der Waals surface area contributed by atoms with Gasteiger partial charge in [0.15, 0.2) is 0 Å². The SMILES string of the molecule is CCOC(=O)CC#N.N#CCC(=O)NCc1cc(-c2cnn(-c3c(Cl)cc(C(F)(C(F)(F)F)C(F)(F)F)cc3Br)c2)ccc1Cl.NCc1cc(-c2cnn(-c3c(Cl)cc(C(F)(C(F)(F)F)C(F)(F)F)cc3Br)c2)ccc1Cl. The number of hydrogen-bond donors (Lipinski definition) is 2. The molecular weight excluding hydrogens is 1280 g/mol. The molecule has 0 spiro atoms. The second-order valence-electron chi connectivity index (χ2n) is 15.3. The quantitative estimate of drug-likeness (QED) is 0.0903. The molecule has 0 unspecified atom stereocenters. The number of halogens is 20. The summed E-state index contributed by atoms with van der Waals surface area (Å²) in [5.41, 5.74) is -5.99. The smallest absolute Gasteiger partial charge is 0.435 e. The lowest BCUT2D eigenvalue weighted by molar-refractivity contribution is -0.349. The zero-order valence-electron chi connectivity index (χ0n) is 38.2. The van der Waals surface area contributed by atoms with Crippen LogP contribution < -0.4 is 11.1 Å². The van der Waals surface area contributed by atoms with Crippen molar-refractivity contribution in [3.63, 3.8) is 0 Å². The topological polar surface area (TPSA) is 165 Å².